The fourth-order valence-corrected chi connectivity index (χ4v) is 2.13. The summed E-state index contributed by atoms with van der Waals surface area (Å²) in [5, 5.41) is 9.92. The Hall–Kier alpha value is -2.64. The van der Waals surface area contributed by atoms with Crippen LogP contribution < -0.4 is 4.74 Å². The van der Waals surface area contributed by atoms with Gasteiger partial charge in [-0.2, -0.15) is 5.26 Å². The van der Waals surface area contributed by atoms with Crippen molar-refractivity contribution in [2.24, 2.45) is 0 Å². The van der Waals surface area contributed by atoms with Gasteiger partial charge in [-0.25, -0.2) is 9.37 Å². The predicted molar refractivity (Wildman–Crippen MR) is 77.9 cm³/mol. The highest BCUT2D eigenvalue weighted by Gasteiger charge is 2.08. The first kappa shape index (κ1) is 13.3. The quantitative estimate of drug-likeness (QED) is 0.689. The molecule has 102 valence electrons. The number of hydrogen-bond acceptors (Lipinski definition) is 3. The number of nitrogens with zero attached hydrogens (tertiary/aromatic N) is 2. The monoisotopic (exact) mass is 298 g/mol. The molecule has 21 heavy (non-hydrogen) atoms. The molecule has 0 aliphatic heterocycles. The Kier molecular flexibility index (Phi) is 3.43. The maximum absolute atomic E-state index is 13.1. The highest BCUT2D eigenvalue weighted by molar-refractivity contribution is 6.30. The Morgan fingerprint density at radius 3 is 2.71 bits per heavy atom. The maximum atomic E-state index is 13.1. The van der Waals surface area contributed by atoms with Crippen molar-refractivity contribution >= 4 is 22.5 Å². The largest absolute Gasteiger partial charge is 0.439 e. The van der Waals surface area contributed by atoms with Crippen molar-refractivity contribution in [3.05, 3.63) is 64.9 Å². The average Bonchev–Trinajstić information content (AvgIpc) is 2.50. The summed E-state index contributed by atoms with van der Waals surface area (Å²) in [6.45, 7) is 0. The van der Waals surface area contributed by atoms with Gasteiger partial charge in [-0.3, -0.25) is 0 Å². The van der Waals surface area contributed by atoms with E-state index in [4.69, 9.17) is 16.3 Å². The Morgan fingerprint density at radius 1 is 1.14 bits per heavy atom. The summed E-state index contributed by atoms with van der Waals surface area (Å²) in [4.78, 5) is 4.32. The zero-order chi connectivity index (χ0) is 14.8. The number of benzene rings is 2. The number of halogens is 2. The van der Waals surface area contributed by atoms with Crippen molar-refractivity contribution in [2.75, 3.05) is 0 Å². The summed E-state index contributed by atoms with van der Waals surface area (Å²) >= 11 is 5.71. The second-order valence-corrected chi connectivity index (χ2v) is 4.72. The standard InChI is InChI=1S/C16H8ClFN2O/c17-13-8-11(5-6-14(13)18)21-16-7-10(9-19)12-3-1-2-4-15(12)20-16/h1-8H. The Balaban J connectivity index is 2.04. The van der Waals surface area contributed by atoms with E-state index >= 15 is 0 Å². The third-order valence-electron chi connectivity index (χ3n) is 2.93. The molecule has 5 heteroatoms. The van der Waals surface area contributed by atoms with Crippen molar-refractivity contribution in [1.82, 2.24) is 4.98 Å². The van der Waals surface area contributed by atoms with E-state index in [0.29, 0.717) is 16.8 Å². The topological polar surface area (TPSA) is 45.9 Å². The Morgan fingerprint density at radius 2 is 1.95 bits per heavy atom. The molecule has 0 amide bonds. The molecule has 0 N–H and O–H groups in total. The first-order valence-corrected chi connectivity index (χ1v) is 6.48. The second kappa shape index (κ2) is 5.39. The highest BCUT2D eigenvalue weighted by Crippen LogP contribution is 2.27. The Labute approximate surface area is 125 Å². The van der Waals surface area contributed by atoms with Gasteiger partial charge in [0.05, 0.1) is 16.1 Å². The average molecular weight is 299 g/mol. The SMILES string of the molecule is N#Cc1cc(Oc2ccc(F)c(Cl)c2)nc2ccccc12. The number of aromatic nitrogens is 1. The van der Waals surface area contributed by atoms with Gasteiger partial charge >= 0.3 is 0 Å². The number of rotatable bonds is 2. The Bertz CT molecular complexity index is 874. The smallest absolute Gasteiger partial charge is 0.221 e. The van der Waals surface area contributed by atoms with Crippen LogP contribution in [0.5, 0.6) is 11.6 Å². The second-order valence-electron chi connectivity index (χ2n) is 4.31. The summed E-state index contributed by atoms with van der Waals surface area (Å²) in [7, 11) is 0. The molecule has 3 rings (SSSR count). The van der Waals surface area contributed by atoms with Gasteiger partial charge in [-0.1, -0.05) is 29.8 Å². The van der Waals surface area contributed by atoms with Crippen molar-refractivity contribution in [3.8, 4) is 17.7 Å². The van der Waals surface area contributed by atoms with Gasteiger partial charge in [0.1, 0.15) is 17.6 Å². The van der Waals surface area contributed by atoms with Crippen molar-refractivity contribution in [3.63, 3.8) is 0 Å². The molecule has 0 atom stereocenters. The lowest BCUT2D eigenvalue weighted by atomic mass is 10.1. The number of pyridine rings is 1. The molecule has 0 unspecified atom stereocenters. The van der Waals surface area contributed by atoms with E-state index in [0.717, 1.165) is 5.39 Å². The van der Waals surface area contributed by atoms with Gasteiger partial charge < -0.3 is 4.74 Å². The van der Waals surface area contributed by atoms with E-state index in [2.05, 4.69) is 11.1 Å². The van der Waals surface area contributed by atoms with Crippen molar-refractivity contribution < 1.29 is 9.13 Å². The minimum atomic E-state index is -0.520. The van der Waals surface area contributed by atoms with E-state index in [1.165, 1.54) is 18.2 Å². The molecule has 3 aromatic rings. The molecule has 1 aromatic heterocycles. The van der Waals surface area contributed by atoms with Gasteiger partial charge in [0.25, 0.3) is 0 Å². The lowest BCUT2D eigenvalue weighted by molar-refractivity contribution is 0.463. The van der Waals surface area contributed by atoms with Gasteiger partial charge in [0, 0.05) is 17.5 Å². The molecule has 0 spiro atoms. The van der Waals surface area contributed by atoms with Crippen LogP contribution in [0.25, 0.3) is 10.9 Å². The number of nitriles is 1. The van der Waals surface area contributed by atoms with Gasteiger partial charge in [0.15, 0.2) is 0 Å². The van der Waals surface area contributed by atoms with E-state index < -0.39 is 5.82 Å². The highest BCUT2D eigenvalue weighted by atomic mass is 35.5. The fraction of sp³-hybridized carbons (Fsp3) is 0. The zero-order valence-corrected chi connectivity index (χ0v) is 11.4. The first-order valence-electron chi connectivity index (χ1n) is 6.10. The molecule has 0 saturated carbocycles. The molecule has 2 aromatic carbocycles. The minimum Gasteiger partial charge on any atom is -0.439 e. The normalized spacial score (nSPS) is 10.3. The zero-order valence-electron chi connectivity index (χ0n) is 10.7. The lowest BCUT2D eigenvalue weighted by Gasteiger charge is -2.07. The molecule has 1 heterocycles. The maximum Gasteiger partial charge on any atom is 0.221 e. The van der Waals surface area contributed by atoms with Crippen LogP contribution in [0, 0.1) is 17.1 Å². The number of fused-ring (bicyclic) bond motifs is 1. The summed E-state index contributed by atoms with van der Waals surface area (Å²) in [6, 6.07) is 15.0. The van der Waals surface area contributed by atoms with Crippen LogP contribution in [0.2, 0.25) is 5.02 Å². The molecular weight excluding hydrogens is 291 g/mol. The van der Waals surface area contributed by atoms with Crippen LogP contribution in [0.3, 0.4) is 0 Å². The number of para-hydroxylation sites is 1. The van der Waals surface area contributed by atoms with Crippen molar-refractivity contribution in [2.45, 2.75) is 0 Å². The molecule has 0 radical (unpaired) electrons. The molecule has 0 fully saturated rings. The van der Waals surface area contributed by atoms with Crippen LogP contribution in [-0.4, -0.2) is 4.98 Å². The third-order valence-corrected chi connectivity index (χ3v) is 3.22. The van der Waals surface area contributed by atoms with E-state index in [-0.39, 0.29) is 10.9 Å². The lowest BCUT2D eigenvalue weighted by Crippen LogP contribution is -1.92. The van der Waals surface area contributed by atoms with Crippen LogP contribution in [0.4, 0.5) is 4.39 Å². The number of hydrogen-bond donors (Lipinski definition) is 0. The van der Waals surface area contributed by atoms with Gasteiger partial charge in [0.2, 0.25) is 5.88 Å². The molecule has 0 aliphatic carbocycles. The predicted octanol–water partition coefficient (Wildman–Crippen LogP) is 4.69. The third kappa shape index (κ3) is 2.64. The van der Waals surface area contributed by atoms with Gasteiger partial charge in [-0.05, 0) is 18.2 Å². The minimum absolute atomic E-state index is 0.0335. The number of ether oxygens (including phenoxy) is 1. The molecule has 0 bridgehead atoms. The first-order chi connectivity index (χ1) is 10.2. The summed E-state index contributed by atoms with van der Waals surface area (Å²) in [5.74, 6) is 0.0918. The molecular formula is C16H8ClFN2O. The van der Waals surface area contributed by atoms with Crippen molar-refractivity contribution in [1.29, 1.82) is 5.26 Å². The molecule has 0 aliphatic rings. The van der Waals surface area contributed by atoms with Crippen LogP contribution in [-0.2, 0) is 0 Å². The molecule has 0 saturated heterocycles. The molecule has 3 nitrogen and oxygen atoms in total. The van der Waals surface area contributed by atoms with E-state index in [1.54, 1.807) is 12.1 Å². The summed E-state index contributed by atoms with van der Waals surface area (Å²) in [6.07, 6.45) is 0. The van der Waals surface area contributed by atoms with E-state index in [9.17, 15) is 9.65 Å². The van der Waals surface area contributed by atoms with E-state index in [1.807, 2.05) is 18.2 Å². The van der Waals surface area contributed by atoms with Gasteiger partial charge in [-0.15, -0.1) is 0 Å². The summed E-state index contributed by atoms with van der Waals surface area (Å²) in [5.41, 5.74) is 1.11. The van der Waals surface area contributed by atoms with Crippen LogP contribution in [0.1, 0.15) is 5.56 Å². The van der Waals surface area contributed by atoms with Crippen LogP contribution >= 0.6 is 11.6 Å². The summed E-state index contributed by atoms with van der Waals surface area (Å²) < 4.78 is 18.7. The van der Waals surface area contributed by atoms with Crippen LogP contribution in [0.15, 0.2) is 48.5 Å². The fourth-order valence-electron chi connectivity index (χ4n) is 1.96.